The van der Waals surface area contributed by atoms with Crippen molar-refractivity contribution in [2.24, 2.45) is 5.73 Å². The summed E-state index contributed by atoms with van der Waals surface area (Å²) in [4.78, 5) is 23.5. The van der Waals surface area contributed by atoms with E-state index in [0.717, 1.165) is 12.8 Å². The van der Waals surface area contributed by atoms with Crippen LogP contribution < -0.4 is 15.8 Å². The number of nitrogens with one attached hydrogen (secondary N) is 1. The molecule has 2 amide bonds. The number of benzene rings is 2. The Morgan fingerprint density at radius 1 is 1.17 bits per heavy atom. The van der Waals surface area contributed by atoms with E-state index in [1.807, 2.05) is 25.1 Å². The fourth-order valence-electron chi connectivity index (χ4n) is 2.82. The molecule has 29 heavy (non-hydrogen) atoms. The SMILES string of the molecule is CCNC(=O)c1ccc(OCCCc2ccccc2)c(-n2cc(C(N)=O)nn2)c1. The highest BCUT2D eigenvalue weighted by molar-refractivity contribution is 5.95. The van der Waals surface area contributed by atoms with Crippen LogP contribution in [0, 0.1) is 0 Å². The summed E-state index contributed by atoms with van der Waals surface area (Å²) >= 11 is 0. The average Bonchev–Trinajstić information content (AvgIpc) is 3.23. The number of carbonyl (C=O) groups excluding carboxylic acids is 2. The minimum absolute atomic E-state index is 0.0310. The van der Waals surface area contributed by atoms with Gasteiger partial charge in [-0.2, -0.15) is 0 Å². The van der Waals surface area contributed by atoms with Gasteiger partial charge in [0.1, 0.15) is 11.4 Å². The highest BCUT2D eigenvalue weighted by atomic mass is 16.5. The lowest BCUT2D eigenvalue weighted by atomic mass is 10.1. The Balaban J connectivity index is 1.78. The minimum atomic E-state index is -0.679. The quantitative estimate of drug-likeness (QED) is 0.541. The van der Waals surface area contributed by atoms with Gasteiger partial charge in [-0.05, 0) is 43.5 Å². The van der Waals surface area contributed by atoms with Crippen LogP contribution >= 0.6 is 0 Å². The van der Waals surface area contributed by atoms with Crippen LogP contribution in [0.3, 0.4) is 0 Å². The molecular formula is C21H23N5O3. The van der Waals surface area contributed by atoms with Gasteiger partial charge < -0.3 is 15.8 Å². The van der Waals surface area contributed by atoms with Crippen LogP contribution in [0.2, 0.25) is 0 Å². The summed E-state index contributed by atoms with van der Waals surface area (Å²) in [5.41, 5.74) is 7.50. The van der Waals surface area contributed by atoms with Crippen LogP contribution in [-0.4, -0.2) is 40.0 Å². The Hall–Kier alpha value is -3.68. The number of nitrogens with two attached hydrogens (primary N) is 1. The topological polar surface area (TPSA) is 112 Å². The van der Waals surface area contributed by atoms with Crippen molar-refractivity contribution in [1.82, 2.24) is 20.3 Å². The number of aromatic nitrogens is 3. The molecule has 1 aromatic heterocycles. The summed E-state index contributed by atoms with van der Waals surface area (Å²) in [5, 5.41) is 10.5. The molecule has 3 aromatic rings. The average molecular weight is 393 g/mol. The molecule has 0 radical (unpaired) electrons. The molecule has 0 spiro atoms. The third-order valence-corrected chi connectivity index (χ3v) is 4.26. The second-order valence-electron chi connectivity index (χ2n) is 6.39. The van der Waals surface area contributed by atoms with Gasteiger partial charge in [-0.1, -0.05) is 35.5 Å². The second kappa shape index (κ2) is 9.50. The highest BCUT2D eigenvalue weighted by Gasteiger charge is 2.15. The number of aryl methyl sites for hydroxylation is 1. The van der Waals surface area contributed by atoms with Crippen LogP contribution in [0.1, 0.15) is 39.8 Å². The highest BCUT2D eigenvalue weighted by Crippen LogP contribution is 2.24. The first-order valence-electron chi connectivity index (χ1n) is 9.40. The van der Waals surface area contributed by atoms with Crippen molar-refractivity contribution in [3.63, 3.8) is 0 Å². The van der Waals surface area contributed by atoms with Gasteiger partial charge in [0.15, 0.2) is 5.69 Å². The van der Waals surface area contributed by atoms with Crippen LogP contribution in [0.15, 0.2) is 54.7 Å². The molecule has 3 rings (SSSR count). The summed E-state index contributed by atoms with van der Waals surface area (Å²) in [6.07, 6.45) is 3.13. The molecule has 0 saturated carbocycles. The van der Waals surface area contributed by atoms with E-state index >= 15 is 0 Å². The first kappa shape index (κ1) is 20.1. The standard InChI is InChI=1S/C21H23N5O3/c1-2-23-21(28)16-10-11-19(29-12-6-9-15-7-4-3-5-8-15)18(13-16)26-14-17(20(22)27)24-25-26/h3-5,7-8,10-11,13-14H,2,6,9,12H2,1H3,(H2,22,27)(H,23,28). The molecule has 0 saturated heterocycles. The molecule has 0 aliphatic carbocycles. The van der Waals surface area contributed by atoms with Crippen molar-refractivity contribution in [2.45, 2.75) is 19.8 Å². The Morgan fingerprint density at radius 3 is 2.66 bits per heavy atom. The maximum Gasteiger partial charge on any atom is 0.270 e. The van der Waals surface area contributed by atoms with Crippen LogP contribution in [0.4, 0.5) is 0 Å². The fraction of sp³-hybridized carbons (Fsp3) is 0.238. The van der Waals surface area contributed by atoms with E-state index in [1.165, 1.54) is 16.4 Å². The number of amides is 2. The maximum atomic E-state index is 12.2. The molecule has 0 aliphatic heterocycles. The summed E-state index contributed by atoms with van der Waals surface area (Å²) in [7, 11) is 0. The summed E-state index contributed by atoms with van der Waals surface area (Å²) in [6, 6.07) is 15.2. The summed E-state index contributed by atoms with van der Waals surface area (Å²) in [6.45, 7) is 2.85. The van der Waals surface area contributed by atoms with Crippen molar-refractivity contribution in [3.8, 4) is 11.4 Å². The van der Waals surface area contributed by atoms with Crippen LogP contribution in [0.25, 0.3) is 5.69 Å². The molecule has 8 nitrogen and oxygen atoms in total. The molecule has 0 aliphatic rings. The van der Waals surface area contributed by atoms with Crippen molar-refractivity contribution < 1.29 is 14.3 Å². The Bertz CT molecular complexity index is 985. The zero-order valence-electron chi connectivity index (χ0n) is 16.2. The fourth-order valence-corrected chi connectivity index (χ4v) is 2.82. The van der Waals surface area contributed by atoms with E-state index in [0.29, 0.717) is 30.2 Å². The van der Waals surface area contributed by atoms with Gasteiger partial charge in [0.05, 0.1) is 12.8 Å². The molecule has 0 fully saturated rings. The van der Waals surface area contributed by atoms with Crippen LogP contribution in [-0.2, 0) is 6.42 Å². The van der Waals surface area contributed by atoms with E-state index in [-0.39, 0.29) is 11.6 Å². The van der Waals surface area contributed by atoms with Crippen molar-refractivity contribution >= 4 is 11.8 Å². The minimum Gasteiger partial charge on any atom is -0.491 e. The lowest BCUT2D eigenvalue weighted by Crippen LogP contribution is -2.22. The second-order valence-corrected chi connectivity index (χ2v) is 6.39. The molecule has 0 atom stereocenters. The molecule has 2 aromatic carbocycles. The molecule has 0 unspecified atom stereocenters. The number of ether oxygens (including phenoxy) is 1. The van der Waals surface area contributed by atoms with Gasteiger partial charge in [-0.15, -0.1) is 5.10 Å². The van der Waals surface area contributed by atoms with E-state index in [1.54, 1.807) is 18.2 Å². The smallest absolute Gasteiger partial charge is 0.270 e. The lowest BCUT2D eigenvalue weighted by molar-refractivity contribution is 0.0954. The number of nitrogens with zero attached hydrogens (tertiary/aromatic N) is 3. The van der Waals surface area contributed by atoms with Crippen LogP contribution in [0.5, 0.6) is 5.75 Å². The summed E-state index contributed by atoms with van der Waals surface area (Å²) in [5.74, 6) is -0.354. The number of primary amides is 1. The van der Waals surface area contributed by atoms with E-state index in [9.17, 15) is 9.59 Å². The molecule has 8 heteroatoms. The normalized spacial score (nSPS) is 10.5. The number of rotatable bonds is 9. The number of hydrogen-bond donors (Lipinski definition) is 2. The van der Waals surface area contributed by atoms with Crippen molar-refractivity contribution in [1.29, 1.82) is 0 Å². The van der Waals surface area contributed by atoms with Gasteiger partial charge >= 0.3 is 0 Å². The Kier molecular flexibility index (Phi) is 6.57. The molecular weight excluding hydrogens is 370 g/mol. The predicted molar refractivity (Wildman–Crippen MR) is 108 cm³/mol. The van der Waals surface area contributed by atoms with Gasteiger partial charge in [-0.3, -0.25) is 9.59 Å². The first-order chi connectivity index (χ1) is 14.1. The van der Waals surface area contributed by atoms with E-state index < -0.39 is 5.91 Å². The summed E-state index contributed by atoms with van der Waals surface area (Å²) < 4.78 is 7.33. The Morgan fingerprint density at radius 2 is 1.97 bits per heavy atom. The maximum absolute atomic E-state index is 12.2. The van der Waals surface area contributed by atoms with Gasteiger partial charge in [0.25, 0.3) is 11.8 Å². The zero-order chi connectivity index (χ0) is 20.6. The van der Waals surface area contributed by atoms with Gasteiger partial charge in [-0.25, -0.2) is 4.68 Å². The third-order valence-electron chi connectivity index (χ3n) is 4.26. The number of hydrogen-bond acceptors (Lipinski definition) is 5. The molecule has 1 heterocycles. The van der Waals surface area contributed by atoms with E-state index in [2.05, 4.69) is 27.8 Å². The first-order valence-corrected chi connectivity index (χ1v) is 9.40. The van der Waals surface area contributed by atoms with Gasteiger partial charge in [0.2, 0.25) is 0 Å². The van der Waals surface area contributed by atoms with Crippen molar-refractivity contribution in [3.05, 3.63) is 71.5 Å². The van der Waals surface area contributed by atoms with Gasteiger partial charge in [0, 0.05) is 12.1 Å². The number of carbonyl (C=O) groups is 2. The van der Waals surface area contributed by atoms with Crippen molar-refractivity contribution in [2.75, 3.05) is 13.2 Å². The van der Waals surface area contributed by atoms with E-state index in [4.69, 9.17) is 10.5 Å². The zero-order valence-corrected chi connectivity index (χ0v) is 16.2. The molecule has 3 N–H and O–H groups in total. The lowest BCUT2D eigenvalue weighted by Gasteiger charge is -2.13. The predicted octanol–water partition coefficient (Wildman–Crippen LogP) is 2.13. The Labute approximate surface area is 168 Å². The monoisotopic (exact) mass is 393 g/mol. The molecule has 150 valence electrons. The molecule has 0 bridgehead atoms. The largest absolute Gasteiger partial charge is 0.491 e. The third kappa shape index (κ3) is 5.19.